The Balaban J connectivity index is 1.46. The average molecular weight is 552 g/mol. The zero-order valence-electron chi connectivity index (χ0n) is 21.0. The highest BCUT2D eigenvalue weighted by Crippen LogP contribution is 2.45. The van der Waals surface area contributed by atoms with Crippen molar-refractivity contribution in [3.05, 3.63) is 92.5 Å². The van der Waals surface area contributed by atoms with Crippen LogP contribution in [0.25, 0.3) is 11.3 Å². The van der Waals surface area contributed by atoms with Crippen LogP contribution >= 0.6 is 34.5 Å². The third kappa shape index (κ3) is 5.85. The summed E-state index contributed by atoms with van der Waals surface area (Å²) in [4.78, 5) is 19.5. The van der Waals surface area contributed by atoms with E-state index in [0.717, 1.165) is 30.4 Å². The van der Waals surface area contributed by atoms with Crippen LogP contribution in [0.3, 0.4) is 0 Å². The van der Waals surface area contributed by atoms with Gasteiger partial charge in [0.25, 0.3) is 5.91 Å². The molecule has 1 N–H and O–H groups in total. The van der Waals surface area contributed by atoms with Crippen molar-refractivity contribution in [3.63, 3.8) is 0 Å². The van der Waals surface area contributed by atoms with Gasteiger partial charge in [-0.2, -0.15) is 0 Å². The Morgan fingerprint density at radius 1 is 1.08 bits per heavy atom. The molecule has 5 rings (SSSR count). The Morgan fingerprint density at radius 2 is 1.86 bits per heavy atom. The van der Waals surface area contributed by atoms with Crippen molar-refractivity contribution in [2.24, 2.45) is 16.3 Å². The smallest absolute Gasteiger partial charge is 0.259 e. The van der Waals surface area contributed by atoms with Crippen LogP contribution < -0.4 is 5.32 Å². The largest absolute Gasteiger partial charge is 0.455 e. The van der Waals surface area contributed by atoms with Crippen LogP contribution in [0.4, 0.5) is 10.7 Å². The maximum Gasteiger partial charge on any atom is 0.259 e. The van der Waals surface area contributed by atoms with Gasteiger partial charge >= 0.3 is 0 Å². The molecule has 0 bridgehead atoms. The van der Waals surface area contributed by atoms with Gasteiger partial charge in [-0.1, -0.05) is 56.1 Å². The fraction of sp³-hybridized carbons (Fsp3) is 0.267. The molecule has 0 radical (unpaired) electrons. The standard InChI is InChI=1S/C30H28Cl2N2O2S/c1-30(2,3)19-7-13-24-26(16-19)37-29(27(24)28(35)34-22-10-8-20(31)9-11-22)33-17-23-12-14-25(36-23)18-5-4-6-21(32)15-18/h4-6,8-12,14-15,17,19H,7,13,16H2,1-3H3,(H,34,35)/t19-/m0/s1. The summed E-state index contributed by atoms with van der Waals surface area (Å²) < 4.78 is 6.00. The third-order valence-corrected chi connectivity index (χ3v) is 8.49. The monoisotopic (exact) mass is 550 g/mol. The molecule has 0 aliphatic heterocycles. The molecule has 0 saturated carbocycles. The number of fused-ring (bicyclic) bond motifs is 1. The molecular weight excluding hydrogens is 523 g/mol. The van der Waals surface area contributed by atoms with E-state index in [1.165, 1.54) is 4.88 Å². The zero-order valence-corrected chi connectivity index (χ0v) is 23.3. The third-order valence-electron chi connectivity index (χ3n) is 6.85. The van der Waals surface area contributed by atoms with Gasteiger partial charge in [-0.25, -0.2) is 4.99 Å². The Hall–Kier alpha value is -2.86. The van der Waals surface area contributed by atoms with E-state index < -0.39 is 0 Å². The summed E-state index contributed by atoms with van der Waals surface area (Å²) in [5, 5.41) is 5.01. The number of rotatable bonds is 5. The molecule has 1 aliphatic rings. The number of anilines is 1. The molecule has 2 aromatic carbocycles. The van der Waals surface area contributed by atoms with E-state index in [0.29, 0.717) is 43.7 Å². The number of nitrogens with zero attached hydrogens (tertiary/aromatic N) is 1. The Morgan fingerprint density at radius 3 is 2.59 bits per heavy atom. The molecule has 0 spiro atoms. The zero-order chi connectivity index (χ0) is 26.2. The number of amides is 1. The molecule has 1 atom stereocenters. The van der Waals surface area contributed by atoms with Crippen LogP contribution in [0.1, 0.15) is 53.8 Å². The van der Waals surface area contributed by atoms with Crippen molar-refractivity contribution in [3.8, 4) is 11.3 Å². The van der Waals surface area contributed by atoms with Crippen molar-refractivity contribution < 1.29 is 9.21 Å². The number of halogens is 2. The number of furan rings is 1. The second-order valence-corrected chi connectivity index (χ2v) is 12.4. The molecule has 0 unspecified atom stereocenters. The molecule has 4 nitrogen and oxygen atoms in total. The molecular formula is C30H28Cl2N2O2S. The van der Waals surface area contributed by atoms with Gasteiger partial charge in [-0.05, 0) is 84.7 Å². The van der Waals surface area contributed by atoms with Crippen molar-refractivity contribution in [1.82, 2.24) is 0 Å². The minimum atomic E-state index is -0.153. The van der Waals surface area contributed by atoms with E-state index in [9.17, 15) is 4.79 Å². The van der Waals surface area contributed by atoms with Crippen molar-refractivity contribution in [2.45, 2.75) is 40.0 Å². The number of benzene rings is 2. The van der Waals surface area contributed by atoms with Crippen LogP contribution in [-0.2, 0) is 12.8 Å². The van der Waals surface area contributed by atoms with Gasteiger partial charge in [0.1, 0.15) is 16.5 Å². The first kappa shape index (κ1) is 25.8. The molecule has 0 fully saturated rings. The summed E-state index contributed by atoms with van der Waals surface area (Å²) in [6.07, 6.45) is 4.57. The number of carbonyl (C=O) groups is 1. The van der Waals surface area contributed by atoms with Gasteiger partial charge < -0.3 is 9.73 Å². The molecule has 190 valence electrons. The van der Waals surface area contributed by atoms with Crippen LogP contribution in [0, 0.1) is 11.3 Å². The second kappa shape index (κ2) is 10.5. The van der Waals surface area contributed by atoms with E-state index >= 15 is 0 Å². The minimum absolute atomic E-state index is 0.153. The lowest BCUT2D eigenvalue weighted by Gasteiger charge is -2.33. The van der Waals surface area contributed by atoms with E-state index in [2.05, 4.69) is 26.1 Å². The fourth-order valence-electron chi connectivity index (χ4n) is 4.70. The lowest BCUT2D eigenvalue weighted by atomic mass is 9.72. The topological polar surface area (TPSA) is 54.6 Å². The molecule has 4 aromatic rings. The van der Waals surface area contributed by atoms with Crippen LogP contribution in [0.2, 0.25) is 10.0 Å². The van der Waals surface area contributed by atoms with E-state index in [1.54, 1.807) is 41.8 Å². The first-order valence-electron chi connectivity index (χ1n) is 12.3. The van der Waals surface area contributed by atoms with Gasteiger partial charge in [0, 0.05) is 26.2 Å². The van der Waals surface area contributed by atoms with Gasteiger partial charge in [0.15, 0.2) is 0 Å². The highest BCUT2D eigenvalue weighted by molar-refractivity contribution is 7.16. The van der Waals surface area contributed by atoms with E-state index in [4.69, 9.17) is 32.6 Å². The molecule has 2 aromatic heterocycles. The summed E-state index contributed by atoms with van der Waals surface area (Å²) in [6, 6.07) is 18.4. The number of carbonyl (C=O) groups excluding carboxylic acids is 1. The van der Waals surface area contributed by atoms with Crippen molar-refractivity contribution in [1.29, 1.82) is 0 Å². The number of aliphatic imine (C=N–C) groups is 1. The molecule has 2 heterocycles. The first-order chi connectivity index (χ1) is 17.7. The summed E-state index contributed by atoms with van der Waals surface area (Å²) in [5.41, 5.74) is 3.57. The maximum absolute atomic E-state index is 13.5. The van der Waals surface area contributed by atoms with Gasteiger partial charge in [-0.3, -0.25) is 4.79 Å². The van der Waals surface area contributed by atoms with Crippen LogP contribution in [-0.4, -0.2) is 12.1 Å². The lowest BCUT2D eigenvalue weighted by molar-refractivity contribution is 0.102. The van der Waals surface area contributed by atoms with Gasteiger partial charge in [0.2, 0.25) is 0 Å². The first-order valence-corrected chi connectivity index (χ1v) is 13.9. The predicted molar refractivity (Wildman–Crippen MR) is 155 cm³/mol. The summed E-state index contributed by atoms with van der Waals surface area (Å²) in [5.74, 6) is 1.73. The predicted octanol–water partition coefficient (Wildman–Crippen LogP) is 9.47. The molecule has 37 heavy (non-hydrogen) atoms. The molecule has 1 amide bonds. The molecule has 7 heteroatoms. The number of thiophene rings is 1. The lowest BCUT2D eigenvalue weighted by Crippen LogP contribution is -2.27. The Labute approximate surface area is 231 Å². The highest BCUT2D eigenvalue weighted by Gasteiger charge is 2.33. The fourth-order valence-corrected chi connectivity index (χ4v) is 6.29. The van der Waals surface area contributed by atoms with E-state index in [-0.39, 0.29) is 11.3 Å². The molecule has 1 aliphatic carbocycles. The molecule has 0 saturated heterocycles. The maximum atomic E-state index is 13.5. The number of hydrogen-bond acceptors (Lipinski definition) is 4. The normalized spacial score (nSPS) is 15.6. The number of hydrogen-bond donors (Lipinski definition) is 1. The summed E-state index contributed by atoms with van der Waals surface area (Å²) >= 11 is 13.8. The average Bonchev–Trinajstić information content (AvgIpc) is 3.47. The number of nitrogens with one attached hydrogen (secondary N) is 1. The Kier molecular flexibility index (Phi) is 7.30. The SMILES string of the molecule is CC(C)(C)[C@H]1CCc2c(sc(N=Cc3ccc(-c4cccc(Cl)c4)o3)c2C(=O)Nc2ccc(Cl)cc2)C1. The highest BCUT2D eigenvalue weighted by atomic mass is 35.5. The van der Waals surface area contributed by atoms with Gasteiger partial charge in [-0.15, -0.1) is 11.3 Å². The van der Waals surface area contributed by atoms with Crippen molar-refractivity contribution in [2.75, 3.05) is 5.32 Å². The van der Waals surface area contributed by atoms with Crippen LogP contribution in [0.15, 0.2) is 70.1 Å². The van der Waals surface area contributed by atoms with Gasteiger partial charge in [0.05, 0.1) is 11.8 Å². The van der Waals surface area contributed by atoms with Crippen molar-refractivity contribution >= 4 is 57.3 Å². The second-order valence-electron chi connectivity index (χ2n) is 10.4. The minimum Gasteiger partial charge on any atom is -0.455 e. The van der Waals surface area contributed by atoms with E-state index in [1.807, 2.05) is 36.4 Å². The van der Waals surface area contributed by atoms with Crippen LogP contribution in [0.5, 0.6) is 0 Å². The quantitative estimate of drug-likeness (QED) is 0.251. The summed E-state index contributed by atoms with van der Waals surface area (Å²) in [6.45, 7) is 6.87. The Bertz CT molecular complexity index is 1460. The summed E-state index contributed by atoms with van der Waals surface area (Å²) in [7, 11) is 0.